The summed E-state index contributed by atoms with van der Waals surface area (Å²) in [4.78, 5) is 0. The molecule has 4 heteroatoms. The van der Waals surface area contributed by atoms with Crippen LogP contribution in [-0.4, -0.2) is 0 Å². The zero-order chi connectivity index (χ0) is 13.0. The van der Waals surface area contributed by atoms with Gasteiger partial charge in [-0.1, -0.05) is 53.5 Å². The van der Waals surface area contributed by atoms with Crippen LogP contribution in [0.1, 0.15) is 11.1 Å². The van der Waals surface area contributed by atoms with Gasteiger partial charge in [0.25, 0.3) is 0 Å². The predicted octanol–water partition coefficient (Wildman–Crippen LogP) is 5.31. The monoisotopic (exact) mass is 300 g/mol. The lowest BCUT2D eigenvalue weighted by Crippen LogP contribution is -1.98. The van der Waals surface area contributed by atoms with Gasteiger partial charge in [0.1, 0.15) is 12.4 Å². The van der Waals surface area contributed by atoms with E-state index < -0.39 is 0 Å². The third-order valence-electron chi connectivity index (χ3n) is 2.46. The lowest BCUT2D eigenvalue weighted by atomic mass is 10.2. The molecule has 0 fully saturated rings. The predicted molar refractivity (Wildman–Crippen MR) is 76.8 cm³/mol. The smallest absolute Gasteiger partial charge is 0.142 e. The second-order valence-corrected chi connectivity index (χ2v) is 4.89. The molecule has 0 aliphatic carbocycles. The van der Waals surface area contributed by atoms with Gasteiger partial charge in [-0.15, -0.1) is 11.6 Å². The van der Waals surface area contributed by atoms with Crippen LogP contribution in [0.5, 0.6) is 5.75 Å². The maximum Gasteiger partial charge on any atom is 0.142 e. The van der Waals surface area contributed by atoms with Crippen molar-refractivity contribution in [1.29, 1.82) is 0 Å². The molecule has 0 unspecified atom stereocenters. The highest BCUT2D eigenvalue weighted by molar-refractivity contribution is 6.36. The molecule has 94 valence electrons. The van der Waals surface area contributed by atoms with E-state index in [0.29, 0.717) is 28.3 Å². The quantitative estimate of drug-likeness (QED) is 0.695. The summed E-state index contributed by atoms with van der Waals surface area (Å²) < 4.78 is 5.72. The molecule has 2 aromatic rings. The third-order valence-corrected chi connectivity index (χ3v) is 3.24. The van der Waals surface area contributed by atoms with Gasteiger partial charge in [0.2, 0.25) is 0 Å². The van der Waals surface area contributed by atoms with E-state index in [-0.39, 0.29) is 0 Å². The Balaban J connectivity index is 2.19. The van der Waals surface area contributed by atoms with Crippen LogP contribution < -0.4 is 4.74 Å². The average molecular weight is 302 g/mol. The van der Waals surface area contributed by atoms with Crippen molar-refractivity contribution in [3.05, 3.63) is 63.6 Å². The summed E-state index contributed by atoms with van der Waals surface area (Å²) >= 11 is 17.9. The summed E-state index contributed by atoms with van der Waals surface area (Å²) in [6, 6.07) is 13.3. The van der Waals surface area contributed by atoms with Gasteiger partial charge in [0.05, 0.1) is 10.9 Å². The Hall–Kier alpha value is -0.890. The molecule has 0 aromatic heterocycles. The molecular formula is C14H11Cl3O. The number of benzene rings is 2. The van der Waals surface area contributed by atoms with Crippen LogP contribution >= 0.6 is 34.8 Å². The van der Waals surface area contributed by atoms with Gasteiger partial charge in [-0.3, -0.25) is 0 Å². The van der Waals surface area contributed by atoms with Crippen LogP contribution in [0.2, 0.25) is 10.0 Å². The van der Waals surface area contributed by atoms with Crippen molar-refractivity contribution in [2.24, 2.45) is 0 Å². The van der Waals surface area contributed by atoms with Crippen molar-refractivity contribution >= 4 is 34.8 Å². The summed E-state index contributed by atoms with van der Waals surface area (Å²) in [6.07, 6.45) is 0. The number of ether oxygens (including phenoxy) is 1. The Morgan fingerprint density at radius 2 is 1.72 bits per heavy atom. The van der Waals surface area contributed by atoms with E-state index in [2.05, 4.69) is 0 Å². The van der Waals surface area contributed by atoms with Gasteiger partial charge >= 0.3 is 0 Å². The number of alkyl halides is 1. The maximum absolute atomic E-state index is 6.11. The molecule has 0 saturated heterocycles. The molecule has 0 N–H and O–H groups in total. The standard InChI is InChI=1S/C14H11Cl3O/c15-8-11-6-12(16)7-13(17)14(11)18-9-10-4-2-1-3-5-10/h1-7H,8-9H2. The van der Waals surface area contributed by atoms with Crippen molar-refractivity contribution in [3.63, 3.8) is 0 Å². The van der Waals surface area contributed by atoms with Crippen LogP contribution in [0.25, 0.3) is 0 Å². The topological polar surface area (TPSA) is 9.23 Å². The van der Waals surface area contributed by atoms with Crippen LogP contribution in [0.3, 0.4) is 0 Å². The van der Waals surface area contributed by atoms with E-state index in [1.807, 2.05) is 30.3 Å². The fourth-order valence-corrected chi connectivity index (χ4v) is 2.39. The molecule has 0 saturated carbocycles. The molecule has 0 atom stereocenters. The second kappa shape index (κ2) is 6.33. The molecule has 18 heavy (non-hydrogen) atoms. The Morgan fingerprint density at radius 3 is 2.39 bits per heavy atom. The normalized spacial score (nSPS) is 10.4. The lowest BCUT2D eigenvalue weighted by Gasteiger charge is -2.12. The first-order chi connectivity index (χ1) is 8.70. The van der Waals surface area contributed by atoms with E-state index >= 15 is 0 Å². The van der Waals surface area contributed by atoms with E-state index in [0.717, 1.165) is 11.1 Å². The zero-order valence-corrected chi connectivity index (χ0v) is 11.8. The van der Waals surface area contributed by atoms with E-state index in [1.54, 1.807) is 12.1 Å². The summed E-state index contributed by atoms with van der Waals surface area (Å²) in [5, 5.41) is 1.04. The third kappa shape index (κ3) is 3.32. The first-order valence-corrected chi connectivity index (χ1v) is 6.70. The Kier molecular flexibility index (Phi) is 4.76. The first kappa shape index (κ1) is 13.5. The summed E-state index contributed by atoms with van der Waals surface area (Å²) in [5.41, 5.74) is 1.87. The van der Waals surface area contributed by atoms with Crippen molar-refractivity contribution < 1.29 is 4.74 Å². The number of hydrogen-bond acceptors (Lipinski definition) is 1. The van der Waals surface area contributed by atoms with Crippen LogP contribution in [-0.2, 0) is 12.5 Å². The summed E-state index contributed by atoms with van der Waals surface area (Å²) in [7, 11) is 0. The van der Waals surface area contributed by atoms with Gasteiger partial charge in [-0.2, -0.15) is 0 Å². The highest BCUT2D eigenvalue weighted by Crippen LogP contribution is 2.33. The highest BCUT2D eigenvalue weighted by atomic mass is 35.5. The van der Waals surface area contributed by atoms with Crippen LogP contribution in [0, 0.1) is 0 Å². The Morgan fingerprint density at radius 1 is 1.00 bits per heavy atom. The molecule has 0 radical (unpaired) electrons. The molecule has 2 rings (SSSR count). The molecule has 0 aliphatic rings. The van der Waals surface area contributed by atoms with E-state index in [9.17, 15) is 0 Å². The number of halogens is 3. The van der Waals surface area contributed by atoms with Gasteiger partial charge in [0.15, 0.2) is 0 Å². The largest absolute Gasteiger partial charge is 0.487 e. The van der Waals surface area contributed by atoms with E-state index in [4.69, 9.17) is 39.5 Å². The molecule has 0 aliphatic heterocycles. The fraction of sp³-hybridized carbons (Fsp3) is 0.143. The Labute approximate surface area is 121 Å². The summed E-state index contributed by atoms with van der Waals surface area (Å²) in [6.45, 7) is 0.450. The molecule has 2 aromatic carbocycles. The van der Waals surface area contributed by atoms with E-state index in [1.165, 1.54) is 0 Å². The zero-order valence-electron chi connectivity index (χ0n) is 9.50. The maximum atomic E-state index is 6.11. The fourth-order valence-electron chi connectivity index (χ4n) is 1.60. The second-order valence-electron chi connectivity index (χ2n) is 3.78. The van der Waals surface area contributed by atoms with Gasteiger partial charge < -0.3 is 4.74 Å². The lowest BCUT2D eigenvalue weighted by molar-refractivity contribution is 0.304. The number of rotatable bonds is 4. The van der Waals surface area contributed by atoms with Gasteiger partial charge in [-0.25, -0.2) is 0 Å². The molecule has 0 amide bonds. The Bertz CT molecular complexity index is 526. The minimum Gasteiger partial charge on any atom is -0.487 e. The van der Waals surface area contributed by atoms with Crippen LogP contribution in [0.4, 0.5) is 0 Å². The average Bonchev–Trinajstić information content (AvgIpc) is 2.38. The van der Waals surface area contributed by atoms with Crippen LogP contribution in [0.15, 0.2) is 42.5 Å². The van der Waals surface area contributed by atoms with Gasteiger partial charge in [0, 0.05) is 10.6 Å². The molecule has 0 spiro atoms. The van der Waals surface area contributed by atoms with Crippen molar-refractivity contribution in [1.82, 2.24) is 0 Å². The molecule has 0 bridgehead atoms. The number of hydrogen-bond donors (Lipinski definition) is 0. The van der Waals surface area contributed by atoms with Crippen molar-refractivity contribution in [3.8, 4) is 5.75 Å². The molecular weight excluding hydrogens is 291 g/mol. The van der Waals surface area contributed by atoms with Gasteiger partial charge in [-0.05, 0) is 17.7 Å². The minimum absolute atomic E-state index is 0.310. The van der Waals surface area contributed by atoms with Crippen molar-refractivity contribution in [2.75, 3.05) is 0 Å². The van der Waals surface area contributed by atoms with Crippen molar-refractivity contribution in [2.45, 2.75) is 12.5 Å². The SMILES string of the molecule is ClCc1cc(Cl)cc(Cl)c1OCc1ccccc1. The molecule has 0 heterocycles. The minimum atomic E-state index is 0.310. The summed E-state index contributed by atoms with van der Waals surface area (Å²) in [5.74, 6) is 0.907. The highest BCUT2D eigenvalue weighted by Gasteiger charge is 2.10. The molecule has 1 nitrogen and oxygen atoms in total. The first-order valence-electron chi connectivity index (χ1n) is 5.41.